The molecule has 0 saturated carbocycles. The molecule has 0 radical (unpaired) electrons. The largest absolute Gasteiger partial charge is 0.339 e. The summed E-state index contributed by atoms with van der Waals surface area (Å²) in [5.41, 5.74) is 5.31. The lowest BCUT2D eigenvalue weighted by molar-refractivity contribution is 0.241. The van der Waals surface area contributed by atoms with E-state index in [1.807, 2.05) is 24.3 Å². The molecule has 1 amide bonds. The Balaban J connectivity index is 2.16. The topological polar surface area (TPSA) is 57.0 Å². The Kier molecular flexibility index (Phi) is 4.33. The van der Waals surface area contributed by atoms with Crippen LogP contribution in [0.5, 0.6) is 0 Å². The Morgan fingerprint density at radius 2 is 1.96 bits per heavy atom. The fourth-order valence-electron chi connectivity index (χ4n) is 2.17. The van der Waals surface area contributed by atoms with Gasteiger partial charge in [0.2, 0.25) is 0 Å². The lowest BCUT2D eigenvalue weighted by Crippen LogP contribution is -2.16. The van der Waals surface area contributed by atoms with E-state index in [9.17, 15) is 4.79 Å². The van der Waals surface area contributed by atoms with Crippen molar-refractivity contribution in [2.45, 2.75) is 4.90 Å². The minimum Gasteiger partial charge on any atom is -0.339 e. The SMILES string of the molecule is CN(C)C(=O)Sc1ccc2ncsc2c1-c1ccc(C#N)cc1. The summed E-state index contributed by atoms with van der Waals surface area (Å²) in [6.45, 7) is 0. The zero-order valence-corrected chi connectivity index (χ0v) is 14.2. The number of thioether (sulfide) groups is 1. The van der Waals surface area contributed by atoms with Crippen molar-refractivity contribution in [1.82, 2.24) is 9.88 Å². The molecule has 0 aliphatic carbocycles. The van der Waals surface area contributed by atoms with Crippen LogP contribution in [0, 0.1) is 11.3 Å². The van der Waals surface area contributed by atoms with Crippen molar-refractivity contribution < 1.29 is 4.79 Å². The van der Waals surface area contributed by atoms with Crippen LogP contribution < -0.4 is 0 Å². The standard InChI is InChI=1S/C17H13N3OS2/c1-20(2)17(21)23-14-8-7-13-16(22-10-19-13)15(14)12-5-3-11(9-18)4-6-12/h3-8,10H,1-2H3. The van der Waals surface area contributed by atoms with Crippen LogP contribution in [0.15, 0.2) is 46.8 Å². The summed E-state index contributed by atoms with van der Waals surface area (Å²) in [6, 6.07) is 13.4. The van der Waals surface area contributed by atoms with E-state index >= 15 is 0 Å². The van der Waals surface area contributed by atoms with Crippen molar-refractivity contribution in [1.29, 1.82) is 5.26 Å². The summed E-state index contributed by atoms with van der Waals surface area (Å²) in [6.07, 6.45) is 0. The van der Waals surface area contributed by atoms with Gasteiger partial charge < -0.3 is 4.90 Å². The van der Waals surface area contributed by atoms with E-state index < -0.39 is 0 Å². The van der Waals surface area contributed by atoms with E-state index in [0.717, 1.165) is 26.2 Å². The molecule has 3 rings (SSSR count). The Labute approximate surface area is 142 Å². The van der Waals surface area contributed by atoms with Crippen LogP contribution in [0.25, 0.3) is 21.3 Å². The summed E-state index contributed by atoms with van der Waals surface area (Å²) < 4.78 is 1.05. The molecular weight excluding hydrogens is 326 g/mol. The first kappa shape index (κ1) is 15.5. The van der Waals surface area contributed by atoms with Crippen molar-refractivity contribution in [3.05, 3.63) is 47.5 Å². The van der Waals surface area contributed by atoms with Crippen LogP contribution in [-0.4, -0.2) is 29.2 Å². The molecule has 0 aliphatic rings. The van der Waals surface area contributed by atoms with E-state index in [1.165, 1.54) is 11.8 Å². The van der Waals surface area contributed by atoms with Gasteiger partial charge in [0, 0.05) is 24.6 Å². The van der Waals surface area contributed by atoms with E-state index in [0.29, 0.717) is 5.56 Å². The summed E-state index contributed by atoms with van der Waals surface area (Å²) in [4.78, 5) is 18.9. The number of hydrogen-bond acceptors (Lipinski definition) is 5. The van der Waals surface area contributed by atoms with E-state index in [-0.39, 0.29) is 5.24 Å². The number of hydrogen-bond donors (Lipinski definition) is 0. The first-order valence-corrected chi connectivity index (χ1v) is 8.55. The summed E-state index contributed by atoms with van der Waals surface area (Å²) in [5.74, 6) is 0. The van der Waals surface area contributed by atoms with Gasteiger partial charge in [-0.2, -0.15) is 5.26 Å². The minimum absolute atomic E-state index is 0.0243. The van der Waals surface area contributed by atoms with Crippen molar-refractivity contribution in [3.8, 4) is 17.2 Å². The molecule has 1 heterocycles. The van der Waals surface area contributed by atoms with Gasteiger partial charge in [0.05, 0.1) is 27.4 Å². The molecule has 6 heteroatoms. The highest BCUT2D eigenvalue weighted by molar-refractivity contribution is 8.13. The number of nitrogens with zero attached hydrogens (tertiary/aromatic N) is 3. The van der Waals surface area contributed by atoms with Gasteiger partial charge in [-0.3, -0.25) is 4.79 Å². The first-order chi connectivity index (χ1) is 11.1. The van der Waals surface area contributed by atoms with Gasteiger partial charge in [0.15, 0.2) is 0 Å². The Morgan fingerprint density at radius 1 is 1.22 bits per heavy atom. The van der Waals surface area contributed by atoms with Crippen molar-refractivity contribution >= 4 is 38.6 Å². The zero-order chi connectivity index (χ0) is 16.4. The maximum absolute atomic E-state index is 12.1. The number of carbonyl (C=O) groups is 1. The van der Waals surface area contributed by atoms with E-state index in [2.05, 4.69) is 11.1 Å². The van der Waals surface area contributed by atoms with Crippen LogP contribution >= 0.6 is 23.1 Å². The quantitative estimate of drug-likeness (QED) is 0.640. The number of aromatic nitrogens is 1. The third-order valence-electron chi connectivity index (χ3n) is 3.33. The van der Waals surface area contributed by atoms with E-state index in [4.69, 9.17) is 5.26 Å². The molecule has 0 bridgehead atoms. The third kappa shape index (κ3) is 3.07. The van der Waals surface area contributed by atoms with Gasteiger partial charge in [0.25, 0.3) is 5.24 Å². The number of rotatable bonds is 2. The fraction of sp³-hybridized carbons (Fsp3) is 0.118. The molecule has 1 aromatic heterocycles. The van der Waals surface area contributed by atoms with Crippen LogP contribution in [0.1, 0.15) is 5.56 Å². The smallest absolute Gasteiger partial charge is 0.285 e. The van der Waals surface area contributed by atoms with Crippen molar-refractivity contribution in [2.75, 3.05) is 14.1 Å². The summed E-state index contributed by atoms with van der Waals surface area (Å²) >= 11 is 2.76. The Bertz CT molecular complexity index is 908. The van der Waals surface area contributed by atoms with E-state index in [1.54, 1.807) is 48.0 Å². The second kappa shape index (κ2) is 6.41. The first-order valence-electron chi connectivity index (χ1n) is 6.86. The number of thiazole rings is 1. The molecule has 23 heavy (non-hydrogen) atoms. The van der Waals surface area contributed by atoms with Gasteiger partial charge in [-0.25, -0.2) is 4.98 Å². The van der Waals surface area contributed by atoms with Gasteiger partial charge in [-0.1, -0.05) is 12.1 Å². The van der Waals surface area contributed by atoms with Gasteiger partial charge >= 0.3 is 0 Å². The molecule has 4 nitrogen and oxygen atoms in total. The molecule has 0 unspecified atom stereocenters. The summed E-state index contributed by atoms with van der Waals surface area (Å²) in [5, 5.41) is 8.94. The number of benzene rings is 2. The van der Waals surface area contributed by atoms with Crippen molar-refractivity contribution in [2.24, 2.45) is 0 Å². The average Bonchev–Trinajstić information content (AvgIpc) is 3.03. The molecule has 0 fully saturated rings. The lowest BCUT2D eigenvalue weighted by atomic mass is 10.0. The molecular formula is C17H13N3OS2. The van der Waals surface area contributed by atoms with Crippen molar-refractivity contribution in [3.63, 3.8) is 0 Å². The maximum atomic E-state index is 12.1. The number of nitriles is 1. The summed E-state index contributed by atoms with van der Waals surface area (Å²) in [7, 11) is 3.48. The Morgan fingerprint density at radius 3 is 2.61 bits per heavy atom. The minimum atomic E-state index is -0.0243. The number of amides is 1. The third-order valence-corrected chi connectivity index (χ3v) is 5.29. The van der Waals surface area contributed by atoms with Crippen LogP contribution in [-0.2, 0) is 0 Å². The Hall–Kier alpha value is -2.36. The van der Waals surface area contributed by atoms with Crippen LogP contribution in [0.3, 0.4) is 0 Å². The van der Waals surface area contributed by atoms with Crippen LogP contribution in [0.2, 0.25) is 0 Å². The van der Waals surface area contributed by atoms with Gasteiger partial charge in [-0.15, -0.1) is 11.3 Å². The average molecular weight is 339 g/mol. The molecule has 0 spiro atoms. The number of carbonyl (C=O) groups excluding carboxylic acids is 1. The second-order valence-corrected chi connectivity index (χ2v) is 6.94. The molecule has 0 N–H and O–H groups in total. The van der Waals surface area contributed by atoms with Crippen LogP contribution in [0.4, 0.5) is 4.79 Å². The molecule has 114 valence electrons. The highest BCUT2D eigenvalue weighted by Crippen LogP contribution is 2.39. The van der Waals surface area contributed by atoms with Gasteiger partial charge in [-0.05, 0) is 41.6 Å². The molecule has 3 aromatic rings. The maximum Gasteiger partial charge on any atom is 0.285 e. The molecule has 0 atom stereocenters. The number of fused-ring (bicyclic) bond motifs is 1. The molecule has 0 saturated heterocycles. The molecule has 2 aromatic carbocycles. The zero-order valence-electron chi connectivity index (χ0n) is 12.6. The predicted octanol–water partition coefficient (Wildman–Crippen LogP) is 4.61. The normalized spacial score (nSPS) is 10.5. The second-order valence-electron chi connectivity index (χ2n) is 5.09. The monoisotopic (exact) mass is 339 g/mol. The predicted molar refractivity (Wildman–Crippen MR) is 94.7 cm³/mol. The van der Waals surface area contributed by atoms with Gasteiger partial charge in [0.1, 0.15) is 0 Å². The molecule has 0 aliphatic heterocycles. The lowest BCUT2D eigenvalue weighted by Gasteiger charge is -2.13. The highest BCUT2D eigenvalue weighted by Gasteiger charge is 2.16. The fourth-order valence-corrected chi connectivity index (χ4v) is 3.92. The highest BCUT2D eigenvalue weighted by atomic mass is 32.2.